The van der Waals surface area contributed by atoms with E-state index in [9.17, 15) is 14.7 Å². The molecule has 9 heteroatoms. The molecule has 2 rings (SSSR count). The van der Waals surface area contributed by atoms with Crippen molar-refractivity contribution < 1.29 is 19.8 Å². The molecule has 0 spiro atoms. The van der Waals surface area contributed by atoms with Crippen LogP contribution in [0.25, 0.3) is 0 Å². The number of nitrogens with zero attached hydrogens (tertiary/aromatic N) is 1. The average molecular weight is 367 g/mol. The number of urea groups is 1. The van der Waals surface area contributed by atoms with Gasteiger partial charge in [-0.3, -0.25) is 5.32 Å². The summed E-state index contributed by atoms with van der Waals surface area (Å²) in [6.45, 7) is 1.61. The number of carboxylic acid groups (broad SMARTS) is 1. The lowest BCUT2D eigenvalue weighted by Gasteiger charge is -2.08. The zero-order valence-electron chi connectivity index (χ0n) is 12.9. The number of aromatic carboxylic acids is 1. The average Bonchev–Trinajstić information content (AvgIpc) is 2.94. The molecule has 0 saturated carbocycles. The first-order valence-corrected chi connectivity index (χ1v) is 8.86. The number of anilines is 1. The summed E-state index contributed by atoms with van der Waals surface area (Å²) >= 11 is 2.22. The van der Waals surface area contributed by atoms with Gasteiger partial charge in [0, 0.05) is 12.3 Å². The van der Waals surface area contributed by atoms with E-state index in [4.69, 9.17) is 5.11 Å². The lowest BCUT2D eigenvalue weighted by molar-refractivity contribution is 0.0694. The van der Waals surface area contributed by atoms with Gasteiger partial charge in [-0.05, 0) is 24.0 Å². The molecule has 1 heterocycles. The Balaban J connectivity index is 2.06. The predicted octanol–water partition coefficient (Wildman–Crippen LogP) is 2.64. The smallest absolute Gasteiger partial charge is 0.341 e. The quantitative estimate of drug-likeness (QED) is 0.560. The van der Waals surface area contributed by atoms with E-state index in [-0.39, 0.29) is 17.1 Å². The van der Waals surface area contributed by atoms with Gasteiger partial charge in [-0.25, -0.2) is 9.59 Å². The Labute approximate surface area is 147 Å². The van der Waals surface area contributed by atoms with Crippen molar-refractivity contribution in [2.24, 2.45) is 0 Å². The Morgan fingerprint density at radius 2 is 2.04 bits per heavy atom. The van der Waals surface area contributed by atoms with Gasteiger partial charge in [0.15, 0.2) is 0 Å². The summed E-state index contributed by atoms with van der Waals surface area (Å²) in [5.41, 5.74) is 1.03. The van der Waals surface area contributed by atoms with Crippen LogP contribution in [0.3, 0.4) is 0 Å². The van der Waals surface area contributed by atoms with Gasteiger partial charge in [0.2, 0.25) is 0 Å². The van der Waals surface area contributed by atoms with Gasteiger partial charge in [0.1, 0.15) is 15.6 Å². The molecule has 0 fully saturated rings. The highest BCUT2D eigenvalue weighted by Crippen LogP contribution is 2.33. The van der Waals surface area contributed by atoms with E-state index >= 15 is 0 Å². The van der Waals surface area contributed by atoms with Crippen LogP contribution in [0.1, 0.15) is 22.8 Å². The Kier molecular flexibility index (Phi) is 6.59. The number of amides is 2. The minimum absolute atomic E-state index is 0.0203. The minimum atomic E-state index is -1.15. The van der Waals surface area contributed by atoms with Crippen molar-refractivity contribution in [1.82, 2.24) is 9.69 Å². The predicted molar refractivity (Wildman–Crippen MR) is 93.8 cm³/mol. The molecule has 0 aliphatic heterocycles. The van der Waals surface area contributed by atoms with Crippen molar-refractivity contribution in [2.75, 3.05) is 11.9 Å². The number of nitrogens with one attached hydrogen (secondary N) is 2. The molecule has 1 atom stereocenters. The number of carbonyl (C=O) groups is 2. The topological polar surface area (TPSA) is 112 Å². The van der Waals surface area contributed by atoms with Gasteiger partial charge >= 0.3 is 12.0 Å². The molecule has 2 amide bonds. The van der Waals surface area contributed by atoms with Crippen molar-refractivity contribution in [2.45, 2.75) is 23.8 Å². The lowest BCUT2D eigenvalue weighted by Crippen LogP contribution is -2.34. The molecular formula is C15H17N3O4S2. The number of aliphatic hydroxyl groups excluding tert-OH is 1. The molecule has 0 saturated heterocycles. The van der Waals surface area contributed by atoms with Gasteiger partial charge in [-0.15, -0.1) is 0 Å². The van der Waals surface area contributed by atoms with Crippen molar-refractivity contribution in [3.63, 3.8) is 0 Å². The van der Waals surface area contributed by atoms with E-state index < -0.39 is 18.1 Å². The van der Waals surface area contributed by atoms with Crippen LogP contribution in [0.5, 0.6) is 0 Å². The molecule has 0 bridgehead atoms. The van der Waals surface area contributed by atoms with E-state index in [1.807, 2.05) is 30.3 Å². The standard InChI is InChI=1S/C15H17N3O4S2/c1-9(19)7-16-15(22)17-12-11(14(20)21)13(18-24-12)23-8-10-5-3-2-4-6-10/h2-6,9,19H,7-8H2,1H3,(H,20,21)(H2,16,17,22). The number of aliphatic hydroxyl groups is 1. The zero-order valence-corrected chi connectivity index (χ0v) is 14.5. The summed E-state index contributed by atoms with van der Waals surface area (Å²) < 4.78 is 4.13. The Bertz CT molecular complexity index is 704. The van der Waals surface area contributed by atoms with Crippen molar-refractivity contribution in [3.8, 4) is 0 Å². The Morgan fingerprint density at radius 3 is 2.67 bits per heavy atom. The second-order valence-electron chi connectivity index (χ2n) is 4.96. The van der Waals surface area contributed by atoms with Crippen LogP contribution in [0, 0.1) is 0 Å². The first-order valence-electron chi connectivity index (χ1n) is 7.10. The Hall–Kier alpha value is -2.10. The van der Waals surface area contributed by atoms with Gasteiger partial charge < -0.3 is 15.5 Å². The van der Waals surface area contributed by atoms with E-state index in [0.29, 0.717) is 10.8 Å². The third-order valence-electron chi connectivity index (χ3n) is 2.88. The highest BCUT2D eigenvalue weighted by molar-refractivity contribution is 7.98. The molecule has 24 heavy (non-hydrogen) atoms. The van der Waals surface area contributed by atoms with Gasteiger partial charge in [-0.2, -0.15) is 4.37 Å². The fourth-order valence-corrected chi connectivity index (χ4v) is 3.66. The molecule has 1 aromatic heterocycles. The summed E-state index contributed by atoms with van der Waals surface area (Å²) in [5.74, 6) is -0.566. The molecule has 0 aliphatic carbocycles. The SMILES string of the molecule is CC(O)CNC(=O)Nc1snc(SCc2ccccc2)c1C(=O)O. The van der Waals surface area contributed by atoms with Crippen LogP contribution < -0.4 is 10.6 Å². The Morgan fingerprint density at radius 1 is 1.33 bits per heavy atom. The van der Waals surface area contributed by atoms with Crippen LogP contribution >= 0.6 is 23.3 Å². The molecule has 7 nitrogen and oxygen atoms in total. The molecule has 2 aromatic rings. The number of carboxylic acids is 1. The zero-order chi connectivity index (χ0) is 17.5. The molecule has 4 N–H and O–H groups in total. The maximum absolute atomic E-state index is 11.7. The van der Waals surface area contributed by atoms with Crippen molar-refractivity contribution in [3.05, 3.63) is 41.5 Å². The molecule has 0 aliphatic rings. The second-order valence-corrected chi connectivity index (χ2v) is 6.69. The van der Waals surface area contributed by atoms with E-state index in [0.717, 1.165) is 17.1 Å². The van der Waals surface area contributed by atoms with E-state index in [2.05, 4.69) is 15.0 Å². The van der Waals surface area contributed by atoms with Crippen LogP contribution in [-0.2, 0) is 5.75 Å². The second kappa shape index (κ2) is 8.67. The highest BCUT2D eigenvalue weighted by Gasteiger charge is 2.22. The van der Waals surface area contributed by atoms with Crippen LogP contribution in [0.15, 0.2) is 35.4 Å². The first-order chi connectivity index (χ1) is 11.5. The monoisotopic (exact) mass is 367 g/mol. The number of carbonyl (C=O) groups excluding carboxylic acids is 1. The summed E-state index contributed by atoms with van der Waals surface area (Å²) in [5, 5.41) is 24.0. The van der Waals surface area contributed by atoms with Crippen molar-refractivity contribution in [1.29, 1.82) is 0 Å². The molecule has 1 unspecified atom stereocenters. The van der Waals surface area contributed by atoms with Crippen LogP contribution in [0.2, 0.25) is 0 Å². The number of hydrogen-bond donors (Lipinski definition) is 4. The number of thioether (sulfide) groups is 1. The van der Waals surface area contributed by atoms with Crippen LogP contribution in [-0.4, -0.2) is 39.2 Å². The molecule has 128 valence electrons. The number of benzene rings is 1. The molecule has 1 aromatic carbocycles. The fraction of sp³-hybridized carbons (Fsp3) is 0.267. The summed E-state index contributed by atoms with van der Waals surface area (Å²) in [4.78, 5) is 23.2. The summed E-state index contributed by atoms with van der Waals surface area (Å²) in [7, 11) is 0. The fourth-order valence-electron chi connectivity index (χ4n) is 1.76. The number of hydrogen-bond acceptors (Lipinski definition) is 6. The molecule has 0 radical (unpaired) electrons. The maximum Gasteiger partial charge on any atom is 0.341 e. The van der Waals surface area contributed by atoms with Crippen molar-refractivity contribution >= 4 is 40.3 Å². The lowest BCUT2D eigenvalue weighted by atomic mass is 10.2. The maximum atomic E-state index is 11.7. The minimum Gasteiger partial charge on any atom is -0.477 e. The van der Waals surface area contributed by atoms with Gasteiger partial charge in [0.25, 0.3) is 0 Å². The van der Waals surface area contributed by atoms with E-state index in [1.165, 1.54) is 18.7 Å². The van der Waals surface area contributed by atoms with Gasteiger partial charge in [-0.1, -0.05) is 42.1 Å². The van der Waals surface area contributed by atoms with E-state index in [1.54, 1.807) is 0 Å². The summed E-state index contributed by atoms with van der Waals surface area (Å²) in [6.07, 6.45) is -0.687. The normalized spacial score (nSPS) is 11.8. The highest BCUT2D eigenvalue weighted by atomic mass is 32.2. The van der Waals surface area contributed by atoms with Gasteiger partial charge in [0.05, 0.1) is 6.10 Å². The largest absolute Gasteiger partial charge is 0.477 e. The third-order valence-corrected chi connectivity index (χ3v) is 4.80. The number of aromatic nitrogens is 1. The molecular weight excluding hydrogens is 350 g/mol. The first kappa shape index (κ1) is 18.2. The number of rotatable bonds is 7. The van der Waals surface area contributed by atoms with Crippen LogP contribution in [0.4, 0.5) is 9.80 Å². The summed E-state index contributed by atoms with van der Waals surface area (Å²) in [6, 6.07) is 9.04. The third kappa shape index (κ3) is 5.22.